The highest BCUT2D eigenvalue weighted by atomic mass is 35.5. The molecule has 8 nitrogen and oxygen atoms in total. The fourth-order valence-electron chi connectivity index (χ4n) is 3.90. The number of halogens is 1. The third kappa shape index (κ3) is 5.50. The van der Waals surface area contributed by atoms with Crippen LogP contribution in [0.2, 0.25) is 5.02 Å². The smallest absolute Gasteiger partial charge is 0.328 e. The van der Waals surface area contributed by atoms with Crippen LogP contribution in [-0.4, -0.2) is 29.0 Å². The molecule has 0 fully saturated rings. The molecule has 1 aromatic heterocycles. The second kappa shape index (κ2) is 10.5. The highest BCUT2D eigenvalue weighted by molar-refractivity contribution is 6.42. The van der Waals surface area contributed by atoms with Crippen LogP contribution < -0.4 is 20.8 Å². The minimum Gasteiger partial charge on any atom is -0.492 e. The van der Waals surface area contributed by atoms with Gasteiger partial charge in [0.1, 0.15) is 11.4 Å². The lowest BCUT2D eigenvalue weighted by molar-refractivity contribution is -0.133. The van der Waals surface area contributed by atoms with Gasteiger partial charge in [-0.05, 0) is 80.4 Å². The molecular formula is C27H25ClN4O4. The lowest BCUT2D eigenvalue weighted by atomic mass is 10.1. The van der Waals surface area contributed by atoms with Crippen LogP contribution in [0.1, 0.15) is 28.5 Å². The number of hydrogen-bond acceptors (Lipinski definition) is 4. The van der Waals surface area contributed by atoms with Crippen molar-refractivity contribution in [2.24, 2.45) is 0 Å². The molecule has 0 atom stereocenters. The summed E-state index contributed by atoms with van der Waals surface area (Å²) in [6.07, 6.45) is 0. The van der Waals surface area contributed by atoms with Gasteiger partial charge in [0, 0.05) is 16.1 Å². The molecule has 3 amide bonds. The summed E-state index contributed by atoms with van der Waals surface area (Å²) in [4.78, 5) is 38.8. The van der Waals surface area contributed by atoms with Crippen LogP contribution in [0.4, 0.5) is 11.4 Å². The van der Waals surface area contributed by atoms with Gasteiger partial charge < -0.3 is 15.4 Å². The zero-order chi connectivity index (χ0) is 25.8. The van der Waals surface area contributed by atoms with Crippen molar-refractivity contribution in [3.63, 3.8) is 0 Å². The third-order valence-electron chi connectivity index (χ3n) is 5.33. The third-order valence-corrected chi connectivity index (χ3v) is 5.57. The first-order valence-electron chi connectivity index (χ1n) is 11.3. The molecule has 3 aromatic carbocycles. The molecule has 0 unspecified atom stereocenters. The van der Waals surface area contributed by atoms with Crippen LogP contribution in [0, 0.1) is 13.8 Å². The molecule has 0 aliphatic rings. The van der Waals surface area contributed by atoms with E-state index in [4.69, 9.17) is 16.3 Å². The Kier molecular flexibility index (Phi) is 7.26. The summed E-state index contributed by atoms with van der Waals surface area (Å²) in [5, 5.41) is 6.50. The quantitative estimate of drug-likeness (QED) is 0.311. The van der Waals surface area contributed by atoms with Gasteiger partial charge in [-0.3, -0.25) is 19.8 Å². The molecule has 0 aliphatic heterocycles. The van der Waals surface area contributed by atoms with E-state index in [-0.39, 0.29) is 5.69 Å². The van der Waals surface area contributed by atoms with E-state index in [0.29, 0.717) is 39.7 Å². The maximum Gasteiger partial charge on any atom is 0.328 e. The predicted molar refractivity (Wildman–Crippen MR) is 141 cm³/mol. The number of hydrogen-bond donors (Lipinski definition) is 3. The molecule has 1 heterocycles. The molecule has 9 heteroatoms. The van der Waals surface area contributed by atoms with Gasteiger partial charge in [-0.2, -0.15) is 0 Å². The van der Waals surface area contributed by atoms with Crippen LogP contribution in [0.3, 0.4) is 0 Å². The SMILES string of the molecule is CCOc1ccccc1NC(=O)C(=O)Nn1c(C(=O)Nc2cc(C)cc(C)c2)cc2cc(Cl)ccc21. The Bertz CT molecular complexity index is 1460. The first-order valence-corrected chi connectivity index (χ1v) is 11.7. The van der Waals surface area contributed by atoms with Crippen LogP contribution in [0.15, 0.2) is 66.7 Å². The Labute approximate surface area is 213 Å². The summed E-state index contributed by atoms with van der Waals surface area (Å²) in [5.74, 6) is -1.90. The Morgan fingerprint density at radius 3 is 2.33 bits per heavy atom. The largest absolute Gasteiger partial charge is 0.492 e. The molecule has 4 rings (SSSR count). The number of fused-ring (bicyclic) bond motifs is 1. The molecule has 3 N–H and O–H groups in total. The van der Waals surface area contributed by atoms with Gasteiger partial charge in [0.2, 0.25) is 0 Å². The first kappa shape index (κ1) is 24.8. The van der Waals surface area contributed by atoms with E-state index >= 15 is 0 Å². The summed E-state index contributed by atoms with van der Waals surface area (Å²) >= 11 is 6.14. The van der Waals surface area contributed by atoms with Gasteiger partial charge in [-0.1, -0.05) is 29.8 Å². The number of rotatable bonds is 6. The Balaban J connectivity index is 1.63. The van der Waals surface area contributed by atoms with Gasteiger partial charge in [0.25, 0.3) is 5.91 Å². The second-order valence-electron chi connectivity index (χ2n) is 8.22. The van der Waals surface area contributed by atoms with E-state index in [1.807, 2.05) is 39.0 Å². The topological polar surface area (TPSA) is 101 Å². The molecule has 0 saturated heterocycles. The monoisotopic (exact) mass is 504 g/mol. The van der Waals surface area contributed by atoms with Gasteiger partial charge in [-0.15, -0.1) is 0 Å². The number of aryl methyl sites for hydroxylation is 2. The maximum absolute atomic E-state index is 13.2. The first-order chi connectivity index (χ1) is 17.2. The van der Waals surface area contributed by atoms with Crippen LogP contribution in [0.5, 0.6) is 5.75 Å². The van der Waals surface area contributed by atoms with Crippen LogP contribution in [-0.2, 0) is 9.59 Å². The summed E-state index contributed by atoms with van der Waals surface area (Å²) in [6, 6.07) is 19.1. The number of ether oxygens (including phenoxy) is 1. The number of benzene rings is 3. The number of para-hydroxylation sites is 2. The van der Waals surface area contributed by atoms with Crippen molar-refractivity contribution in [3.05, 3.63) is 88.6 Å². The number of amides is 3. The van der Waals surface area contributed by atoms with Crippen molar-refractivity contribution in [2.45, 2.75) is 20.8 Å². The van der Waals surface area contributed by atoms with E-state index in [2.05, 4.69) is 16.1 Å². The Morgan fingerprint density at radius 1 is 0.889 bits per heavy atom. The number of carbonyl (C=O) groups is 3. The zero-order valence-corrected chi connectivity index (χ0v) is 20.8. The van der Waals surface area contributed by atoms with E-state index in [1.165, 1.54) is 4.68 Å². The van der Waals surface area contributed by atoms with E-state index < -0.39 is 17.7 Å². The summed E-state index contributed by atoms with van der Waals surface area (Å²) in [7, 11) is 0. The van der Waals surface area contributed by atoms with Gasteiger partial charge >= 0.3 is 11.8 Å². The minimum absolute atomic E-state index is 0.127. The van der Waals surface area contributed by atoms with Gasteiger partial charge in [0.05, 0.1) is 17.8 Å². The molecule has 184 valence electrons. The molecule has 36 heavy (non-hydrogen) atoms. The summed E-state index contributed by atoms with van der Waals surface area (Å²) in [5.41, 5.74) is 6.13. The molecule has 4 aromatic rings. The van der Waals surface area contributed by atoms with Crippen molar-refractivity contribution in [1.29, 1.82) is 0 Å². The fourth-order valence-corrected chi connectivity index (χ4v) is 4.08. The molecule has 0 bridgehead atoms. The predicted octanol–water partition coefficient (Wildman–Crippen LogP) is 5.27. The van der Waals surface area contributed by atoms with E-state index in [9.17, 15) is 14.4 Å². The molecule has 0 aliphatic carbocycles. The number of nitrogens with one attached hydrogen (secondary N) is 3. The van der Waals surface area contributed by atoms with Crippen LogP contribution >= 0.6 is 11.6 Å². The number of aromatic nitrogens is 1. The van der Waals surface area contributed by atoms with E-state index in [0.717, 1.165) is 11.1 Å². The lowest BCUT2D eigenvalue weighted by Crippen LogP contribution is -2.36. The number of nitrogens with zero attached hydrogens (tertiary/aromatic N) is 1. The standard InChI is InChI=1S/C27H25ClN4O4/c1-4-36-24-8-6-5-7-21(24)30-26(34)27(35)31-32-22-10-9-19(28)14-18(22)15-23(32)25(33)29-20-12-16(2)11-17(3)13-20/h5-15H,4H2,1-3H3,(H,29,33)(H,30,34)(H,31,35). The highest BCUT2D eigenvalue weighted by Gasteiger charge is 2.22. The van der Waals surface area contributed by atoms with E-state index in [1.54, 1.807) is 48.5 Å². The molecule has 0 radical (unpaired) electrons. The van der Waals surface area contributed by atoms with Crippen molar-refractivity contribution < 1.29 is 19.1 Å². The Morgan fingerprint density at radius 2 is 1.61 bits per heavy atom. The molecular weight excluding hydrogens is 480 g/mol. The number of anilines is 2. The van der Waals surface area contributed by atoms with Crippen molar-refractivity contribution in [2.75, 3.05) is 22.7 Å². The molecule has 0 spiro atoms. The summed E-state index contributed by atoms with van der Waals surface area (Å²) in [6.45, 7) is 6.09. The average Bonchev–Trinajstić information content (AvgIpc) is 3.17. The fraction of sp³-hybridized carbons (Fsp3) is 0.148. The van der Waals surface area contributed by atoms with Gasteiger partial charge in [0.15, 0.2) is 0 Å². The average molecular weight is 505 g/mol. The highest BCUT2D eigenvalue weighted by Crippen LogP contribution is 2.25. The minimum atomic E-state index is -0.964. The Hall–Kier alpha value is -4.30. The molecule has 0 saturated carbocycles. The normalized spacial score (nSPS) is 10.7. The second-order valence-corrected chi connectivity index (χ2v) is 8.66. The lowest BCUT2D eigenvalue weighted by Gasteiger charge is -2.14. The zero-order valence-electron chi connectivity index (χ0n) is 20.0. The number of carbonyl (C=O) groups excluding carboxylic acids is 3. The van der Waals surface area contributed by atoms with Crippen molar-refractivity contribution in [3.8, 4) is 5.75 Å². The van der Waals surface area contributed by atoms with Crippen LogP contribution in [0.25, 0.3) is 10.9 Å². The summed E-state index contributed by atoms with van der Waals surface area (Å²) < 4.78 is 6.78. The van der Waals surface area contributed by atoms with Crippen molar-refractivity contribution >= 4 is 51.6 Å². The van der Waals surface area contributed by atoms with Gasteiger partial charge in [-0.25, -0.2) is 4.68 Å². The van der Waals surface area contributed by atoms with Crippen molar-refractivity contribution in [1.82, 2.24) is 4.68 Å². The maximum atomic E-state index is 13.2.